The van der Waals surface area contributed by atoms with Gasteiger partial charge in [-0.05, 0) is 54.6 Å². The molecule has 0 fully saturated rings. The molecule has 5 nitrogen and oxygen atoms in total. The van der Waals surface area contributed by atoms with Gasteiger partial charge in [0.1, 0.15) is 11.2 Å². The molecule has 0 aliphatic heterocycles. The lowest BCUT2D eigenvalue weighted by atomic mass is 9.72. The zero-order valence-electron chi connectivity index (χ0n) is 17.9. The predicted octanol–water partition coefficient (Wildman–Crippen LogP) is 4.89. The van der Waals surface area contributed by atoms with Crippen molar-refractivity contribution >= 4 is 27.3 Å². The van der Waals surface area contributed by atoms with E-state index in [1.165, 1.54) is 16.0 Å². The summed E-state index contributed by atoms with van der Waals surface area (Å²) in [5, 5.41) is 9.34. The Morgan fingerprint density at radius 3 is 2.77 bits per heavy atom. The van der Waals surface area contributed by atoms with Crippen molar-refractivity contribution in [1.82, 2.24) is 19.2 Å². The molecule has 1 aliphatic carbocycles. The minimum absolute atomic E-state index is 0.102. The number of rotatable bonds is 4. The van der Waals surface area contributed by atoms with Crippen LogP contribution in [-0.2, 0) is 25.8 Å². The summed E-state index contributed by atoms with van der Waals surface area (Å²) in [5.41, 5.74) is 2.96. The fourth-order valence-corrected chi connectivity index (χ4v) is 6.16. The predicted molar refractivity (Wildman–Crippen MR) is 122 cm³/mol. The number of aromatic nitrogens is 4. The maximum absolute atomic E-state index is 13.6. The quantitative estimate of drug-likeness (QED) is 0.472. The van der Waals surface area contributed by atoms with Crippen LogP contribution in [0.25, 0.3) is 16.0 Å². The molecule has 0 radical (unpaired) electrons. The van der Waals surface area contributed by atoms with E-state index >= 15 is 0 Å². The lowest BCUT2D eigenvalue weighted by molar-refractivity contribution is 0.218. The highest BCUT2D eigenvalue weighted by molar-refractivity contribution is 7.18. The zero-order chi connectivity index (χ0) is 20.9. The smallest absolute Gasteiger partial charge is 0.263 e. The summed E-state index contributed by atoms with van der Waals surface area (Å²) >= 11 is 1.77. The Morgan fingerprint density at radius 2 is 2.00 bits per heavy atom. The summed E-state index contributed by atoms with van der Waals surface area (Å²) in [6, 6.07) is 10.4. The monoisotopic (exact) mass is 420 g/mol. The number of nitrogens with zero attached hydrogens (tertiary/aromatic N) is 4. The van der Waals surface area contributed by atoms with Gasteiger partial charge in [-0.1, -0.05) is 51.1 Å². The van der Waals surface area contributed by atoms with E-state index < -0.39 is 0 Å². The van der Waals surface area contributed by atoms with Gasteiger partial charge in [0, 0.05) is 11.4 Å². The van der Waals surface area contributed by atoms with Crippen molar-refractivity contribution in [3.05, 3.63) is 63.0 Å². The number of thiophene rings is 1. The molecule has 4 aromatic rings. The Morgan fingerprint density at radius 1 is 1.20 bits per heavy atom. The van der Waals surface area contributed by atoms with Crippen LogP contribution < -0.4 is 5.56 Å². The maximum Gasteiger partial charge on any atom is 0.263 e. The zero-order valence-corrected chi connectivity index (χ0v) is 18.7. The van der Waals surface area contributed by atoms with E-state index in [1.54, 1.807) is 17.7 Å². The maximum atomic E-state index is 13.6. The van der Waals surface area contributed by atoms with E-state index in [9.17, 15) is 4.79 Å². The van der Waals surface area contributed by atoms with Gasteiger partial charge in [0.2, 0.25) is 5.78 Å². The molecule has 6 heteroatoms. The molecule has 3 aromatic heterocycles. The summed E-state index contributed by atoms with van der Waals surface area (Å²) in [5.74, 6) is 1.31. The third kappa shape index (κ3) is 3.27. The fraction of sp³-hybridized carbons (Fsp3) is 0.458. The van der Waals surface area contributed by atoms with E-state index in [2.05, 4.69) is 55.2 Å². The van der Waals surface area contributed by atoms with Crippen LogP contribution in [0.1, 0.15) is 49.6 Å². The van der Waals surface area contributed by atoms with Crippen LogP contribution in [0.15, 0.2) is 41.5 Å². The van der Waals surface area contributed by atoms with Gasteiger partial charge in [0.25, 0.3) is 5.56 Å². The molecule has 156 valence electrons. The van der Waals surface area contributed by atoms with E-state index in [1.807, 2.05) is 15.0 Å². The van der Waals surface area contributed by atoms with Crippen molar-refractivity contribution < 1.29 is 0 Å². The van der Waals surface area contributed by atoms with Crippen LogP contribution >= 0.6 is 11.3 Å². The fourth-order valence-electron chi connectivity index (χ4n) is 4.77. The molecule has 1 aromatic carbocycles. The van der Waals surface area contributed by atoms with Gasteiger partial charge in [0.05, 0.1) is 5.39 Å². The molecule has 1 unspecified atom stereocenters. The first-order valence-electron chi connectivity index (χ1n) is 10.8. The number of aryl methyl sites for hydroxylation is 3. The standard InChI is InChI=1S/C24H28N4OS/c1-24(2,3)17-11-12-18-19(14-17)30-22-20(18)21(29)27(23-26-25-15-28(22)23)13-7-10-16-8-5-4-6-9-16/h4-6,8-9,15,17H,7,10-14H2,1-3H3. The van der Waals surface area contributed by atoms with Gasteiger partial charge in [-0.25, -0.2) is 0 Å². The van der Waals surface area contributed by atoms with Crippen molar-refractivity contribution in [1.29, 1.82) is 0 Å². The first-order chi connectivity index (χ1) is 14.4. The molecule has 1 aliphatic rings. The Balaban J connectivity index is 1.55. The second-order valence-electron chi connectivity index (χ2n) is 9.54. The summed E-state index contributed by atoms with van der Waals surface area (Å²) < 4.78 is 3.86. The van der Waals surface area contributed by atoms with Gasteiger partial charge < -0.3 is 0 Å². The van der Waals surface area contributed by atoms with Crippen LogP contribution in [0.3, 0.4) is 0 Å². The second-order valence-corrected chi connectivity index (χ2v) is 10.6. The highest BCUT2D eigenvalue weighted by Gasteiger charge is 2.32. The van der Waals surface area contributed by atoms with Gasteiger partial charge in [-0.15, -0.1) is 21.5 Å². The lowest BCUT2D eigenvalue weighted by Crippen LogP contribution is -2.27. The normalized spacial score (nSPS) is 17.0. The molecule has 0 N–H and O–H groups in total. The molecule has 0 amide bonds. The number of benzene rings is 1. The molecule has 0 bridgehead atoms. The number of fused-ring (bicyclic) bond motifs is 5. The average Bonchev–Trinajstić information content (AvgIpc) is 3.34. The van der Waals surface area contributed by atoms with Gasteiger partial charge >= 0.3 is 0 Å². The van der Waals surface area contributed by atoms with Crippen molar-refractivity contribution in [3.8, 4) is 0 Å². The Kier molecular flexibility index (Phi) is 4.77. The van der Waals surface area contributed by atoms with Crippen LogP contribution in [0.4, 0.5) is 0 Å². The van der Waals surface area contributed by atoms with Gasteiger partial charge in [0.15, 0.2) is 0 Å². The largest absolute Gasteiger partial charge is 0.276 e. The highest BCUT2D eigenvalue weighted by atomic mass is 32.1. The molecule has 0 saturated heterocycles. The van der Waals surface area contributed by atoms with Gasteiger partial charge in [-0.2, -0.15) is 0 Å². The molecule has 5 rings (SSSR count). The Labute approximate surface area is 180 Å². The summed E-state index contributed by atoms with van der Waals surface area (Å²) in [6.07, 6.45) is 6.81. The minimum atomic E-state index is 0.102. The van der Waals surface area contributed by atoms with E-state index in [0.29, 0.717) is 18.2 Å². The summed E-state index contributed by atoms with van der Waals surface area (Å²) in [4.78, 5) is 16.0. The van der Waals surface area contributed by atoms with Crippen LogP contribution in [-0.4, -0.2) is 19.2 Å². The molecule has 3 heterocycles. The third-order valence-electron chi connectivity index (χ3n) is 6.61. The molecule has 1 atom stereocenters. The Hall–Kier alpha value is -2.47. The highest BCUT2D eigenvalue weighted by Crippen LogP contribution is 2.42. The van der Waals surface area contributed by atoms with Crippen LogP contribution in [0.5, 0.6) is 0 Å². The summed E-state index contributed by atoms with van der Waals surface area (Å²) in [7, 11) is 0. The molecule has 0 saturated carbocycles. The summed E-state index contributed by atoms with van der Waals surface area (Å²) in [6.45, 7) is 7.64. The van der Waals surface area contributed by atoms with E-state index in [0.717, 1.165) is 42.3 Å². The lowest BCUT2D eigenvalue weighted by Gasteiger charge is -2.33. The molecular formula is C24H28N4OS. The van der Waals surface area contributed by atoms with Crippen LogP contribution in [0.2, 0.25) is 0 Å². The molecule has 0 spiro atoms. The first kappa shape index (κ1) is 19.5. The van der Waals surface area contributed by atoms with Crippen molar-refractivity contribution in [2.75, 3.05) is 0 Å². The van der Waals surface area contributed by atoms with E-state index in [4.69, 9.17) is 0 Å². The van der Waals surface area contributed by atoms with E-state index in [-0.39, 0.29) is 11.0 Å². The molecular weight excluding hydrogens is 392 g/mol. The van der Waals surface area contributed by atoms with Crippen molar-refractivity contribution in [3.63, 3.8) is 0 Å². The molecule has 30 heavy (non-hydrogen) atoms. The second kappa shape index (κ2) is 7.34. The first-order valence-corrected chi connectivity index (χ1v) is 11.7. The van der Waals surface area contributed by atoms with Crippen LogP contribution in [0, 0.1) is 11.3 Å². The average molecular weight is 421 g/mol. The third-order valence-corrected chi connectivity index (χ3v) is 7.86. The number of hydrogen-bond acceptors (Lipinski definition) is 4. The van der Waals surface area contributed by atoms with Crippen molar-refractivity contribution in [2.24, 2.45) is 11.3 Å². The minimum Gasteiger partial charge on any atom is -0.276 e. The Bertz CT molecular complexity index is 1260. The SMILES string of the molecule is CC(C)(C)C1CCc2c(sc3c2c(=O)n(CCCc2ccccc2)c2nncn32)C1. The topological polar surface area (TPSA) is 52.2 Å². The van der Waals surface area contributed by atoms with Crippen molar-refractivity contribution in [2.45, 2.75) is 59.4 Å². The van der Waals surface area contributed by atoms with Gasteiger partial charge in [-0.3, -0.25) is 13.8 Å². The number of hydrogen-bond donors (Lipinski definition) is 0.